The molecular weight excluding hydrogens is 276 g/mol. The summed E-state index contributed by atoms with van der Waals surface area (Å²) in [6, 6.07) is 0. The molecule has 0 aliphatic carbocycles. The van der Waals surface area contributed by atoms with Crippen molar-refractivity contribution in [1.29, 1.82) is 0 Å². The first-order valence-corrected chi connectivity index (χ1v) is 10.0. The van der Waals surface area contributed by atoms with Crippen LogP contribution in [0.2, 0.25) is 0 Å². The molecule has 0 heterocycles. The highest BCUT2D eigenvalue weighted by Crippen LogP contribution is 2.28. The lowest BCUT2D eigenvalue weighted by Crippen LogP contribution is -2.21. The molecule has 0 bridgehead atoms. The highest BCUT2D eigenvalue weighted by Gasteiger charge is 2.21. The Bertz CT molecular complexity index is 204. The van der Waals surface area contributed by atoms with Crippen LogP contribution < -0.4 is 0 Å². The Morgan fingerprint density at radius 1 is 0.667 bits per heavy atom. The van der Waals surface area contributed by atoms with E-state index in [1.807, 2.05) is 0 Å². The normalized spacial score (nSPS) is 13.6. The quantitative estimate of drug-likeness (QED) is 0.211. The van der Waals surface area contributed by atoms with Gasteiger partial charge in [0.15, 0.2) is 0 Å². The summed E-state index contributed by atoms with van der Waals surface area (Å²) < 4.78 is 0. The third-order valence-electron chi connectivity index (χ3n) is 4.91. The van der Waals surface area contributed by atoms with E-state index in [-0.39, 0.29) is 4.87 Å². The summed E-state index contributed by atoms with van der Waals surface area (Å²) in [7, 11) is 0. The van der Waals surface area contributed by atoms with Gasteiger partial charge in [-0.1, -0.05) is 97.3 Å². The van der Waals surface area contributed by atoms with Gasteiger partial charge < -0.3 is 0 Å². The van der Waals surface area contributed by atoms with Crippen molar-refractivity contribution in [1.82, 2.24) is 0 Å². The fourth-order valence-corrected chi connectivity index (χ4v) is 2.92. The van der Waals surface area contributed by atoms with E-state index in [1.165, 1.54) is 89.9 Å². The third kappa shape index (κ3) is 15.0. The van der Waals surface area contributed by atoms with Gasteiger partial charge in [-0.25, -0.2) is 0 Å². The van der Waals surface area contributed by atoms with E-state index in [9.17, 15) is 0 Å². The molecule has 0 aromatic rings. The molecule has 0 aliphatic rings. The van der Waals surface area contributed by atoms with E-state index in [1.54, 1.807) is 0 Å². The molecule has 1 unspecified atom stereocenters. The summed E-state index contributed by atoms with van der Waals surface area (Å²) in [4.78, 5) is -0.0306. The predicted molar refractivity (Wildman–Crippen MR) is 99.4 cm³/mol. The molecule has 0 aliphatic heterocycles. The molecule has 21 heavy (non-hydrogen) atoms. The van der Waals surface area contributed by atoms with Crippen LogP contribution in [0.15, 0.2) is 0 Å². The van der Waals surface area contributed by atoms with E-state index in [0.29, 0.717) is 5.92 Å². The summed E-state index contributed by atoms with van der Waals surface area (Å²) >= 11 is 6.33. The maximum absolute atomic E-state index is 6.33. The molecule has 0 rings (SSSR count). The average molecular weight is 317 g/mol. The van der Waals surface area contributed by atoms with Gasteiger partial charge in [-0.2, -0.15) is 0 Å². The fourth-order valence-electron chi connectivity index (χ4n) is 2.81. The Kier molecular flexibility index (Phi) is 14.1. The van der Waals surface area contributed by atoms with E-state index >= 15 is 0 Å². The molecule has 0 fully saturated rings. The standard InChI is InChI=1S/C20H41Cl/c1-5-6-7-8-9-10-11-12-13-14-15-16-17-18-19(2)20(3,4)21/h19H,5-18H2,1-4H3. The summed E-state index contributed by atoms with van der Waals surface area (Å²) in [5, 5.41) is 0. The van der Waals surface area contributed by atoms with Gasteiger partial charge in [0.25, 0.3) is 0 Å². The second-order valence-electron chi connectivity index (χ2n) is 7.50. The molecule has 128 valence electrons. The number of unbranched alkanes of at least 4 members (excludes halogenated alkanes) is 12. The van der Waals surface area contributed by atoms with Crippen molar-refractivity contribution in [3.63, 3.8) is 0 Å². The van der Waals surface area contributed by atoms with Crippen LogP contribution in [-0.2, 0) is 0 Å². The van der Waals surface area contributed by atoms with Gasteiger partial charge >= 0.3 is 0 Å². The molecule has 0 saturated heterocycles. The van der Waals surface area contributed by atoms with Gasteiger partial charge in [0.2, 0.25) is 0 Å². The van der Waals surface area contributed by atoms with Crippen molar-refractivity contribution >= 4 is 11.6 Å². The van der Waals surface area contributed by atoms with Crippen LogP contribution in [0.5, 0.6) is 0 Å². The Morgan fingerprint density at radius 3 is 1.33 bits per heavy atom. The zero-order valence-electron chi connectivity index (χ0n) is 15.4. The molecule has 1 atom stereocenters. The second kappa shape index (κ2) is 13.9. The van der Waals surface area contributed by atoms with Crippen LogP contribution in [0.1, 0.15) is 118 Å². The number of hydrogen-bond acceptors (Lipinski definition) is 0. The lowest BCUT2D eigenvalue weighted by molar-refractivity contribution is 0.400. The van der Waals surface area contributed by atoms with Crippen LogP contribution in [-0.4, -0.2) is 4.87 Å². The number of rotatable bonds is 15. The zero-order valence-corrected chi connectivity index (χ0v) is 16.1. The Balaban J connectivity index is 3.13. The van der Waals surface area contributed by atoms with Crippen molar-refractivity contribution in [2.24, 2.45) is 5.92 Å². The molecule has 0 amide bonds. The molecule has 0 radical (unpaired) electrons. The van der Waals surface area contributed by atoms with Crippen LogP contribution in [0, 0.1) is 5.92 Å². The van der Waals surface area contributed by atoms with Crippen LogP contribution in [0.4, 0.5) is 0 Å². The van der Waals surface area contributed by atoms with E-state index in [2.05, 4.69) is 27.7 Å². The maximum Gasteiger partial charge on any atom is 0.0416 e. The fraction of sp³-hybridized carbons (Fsp3) is 1.00. The van der Waals surface area contributed by atoms with Crippen molar-refractivity contribution in [2.75, 3.05) is 0 Å². The number of hydrogen-bond donors (Lipinski definition) is 0. The Labute approximate surface area is 140 Å². The van der Waals surface area contributed by atoms with E-state index in [0.717, 1.165) is 0 Å². The van der Waals surface area contributed by atoms with Crippen molar-refractivity contribution < 1.29 is 0 Å². The monoisotopic (exact) mass is 316 g/mol. The van der Waals surface area contributed by atoms with E-state index in [4.69, 9.17) is 11.6 Å². The minimum absolute atomic E-state index is 0.0306. The van der Waals surface area contributed by atoms with Crippen LogP contribution in [0.25, 0.3) is 0 Å². The zero-order chi connectivity index (χ0) is 16.0. The minimum Gasteiger partial charge on any atom is -0.120 e. The lowest BCUT2D eigenvalue weighted by Gasteiger charge is -2.24. The number of halogens is 1. The molecule has 0 nitrogen and oxygen atoms in total. The topological polar surface area (TPSA) is 0 Å². The number of alkyl halides is 1. The summed E-state index contributed by atoms with van der Waals surface area (Å²) in [5.41, 5.74) is 0. The average Bonchev–Trinajstić information content (AvgIpc) is 2.42. The lowest BCUT2D eigenvalue weighted by atomic mass is 9.91. The molecule has 0 aromatic carbocycles. The largest absolute Gasteiger partial charge is 0.120 e. The van der Waals surface area contributed by atoms with Gasteiger partial charge in [-0.3, -0.25) is 0 Å². The van der Waals surface area contributed by atoms with Gasteiger partial charge in [0.1, 0.15) is 0 Å². The highest BCUT2D eigenvalue weighted by atomic mass is 35.5. The van der Waals surface area contributed by atoms with E-state index < -0.39 is 0 Å². The predicted octanol–water partition coefficient (Wildman–Crippen LogP) is 8.12. The second-order valence-corrected chi connectivity index (χ2v) is 8.47. The minimum atomic E-state index is -0.0306. The first kappa shape index (κ1) is 21.3. The summed E-state index contributed by atoms with van der Waals surface area (Å²) in [5.74, 6) is 0.631. The van der Waals surface area contributed by atoms with Gasteiger partial charge in [-0.05, 0) is 26.2 Å². The smallest absolute Gasteiger partial charge is 0.0416 e. The third-order valence-corrected chi connectivity index (χ3v) is 5.29. The summed E-state index contributed by atoms with van der Waals surface area (Å²) in [6.45, 7) is 8.85. The molecule has 0 saturated carbocycles. The van der Waals surface area contributed by atoms with Crippen LogP contribution >= 0.6 is 11.6 Å². The molecule has 1 heteroatoms. The Hall–Kier alpha value is 0.290. The summed E-state index contributed by atoms with van der Waals surface area (Å²) in [6.07, 6.45) is 19.9. The maximum atomic E-state index is 6.33. The van der Waals surface area contributed by atoms with Crippen molar-refractivity contribution in [3.8, 4) is 0 Å². The SMILES string of the molecule is CCCCCCCCCCCCCCCC(C)C(C)(C)Cl. The van der Waals surface area contributed by atoms with Crippen molar-refractivity contribution in [2.45, 2.75) is 122 Å². The van der Waals surface area contributed by atoms with Gasteiger partial charge in [0, 0.05) is 4.87 Å². The molecule has 0 aromatic heterocycles. The molecule has 0 spiro atoms. The highest BCUT2D eigenvalue weighted by molar-refractivity contribution is 6.23. The first-order valence-electron chi connectivity index (χ1n) is 9.67. The molecule has 0 N–H and O–H groups in total. The van der Waals surface area contributed by atoms with Crippen LogP contribution in [0.3, 0.4) is 0 Å². The molecular formula is C20H41Cl. The Morgan fingerprint density at radius 2 is 1.00 bits per heavy atom. The first-order chi connectivity index (χ1) is 9.98. The van der Waals surface area contributed by atoms with Gasteiger partial charge in [0.05, 0.1) is 0 Å². The van der Waals surface area contributed by atoms with Crippen molar-refractivity contribution in [3.05, 3.63) is 0 Å². The van der Waals surface area contributed by atoms with Gasteiger partial charge in [-0.15, -0.1) is 11.6 Å².